The Labute approximate surface area is 110 Å². The average Bonchev–Trinajstić information content (AvgIpc) is 2.13. The minimum atomic E-state index is -4.69. The summed E-state index contributed by atoms with van der Waals surface area (Å²) in [5.41, 5.74) is 0. The van der Waals surface area contributed by atoms with Crippen LogP contribution in [0.5, 0.6) is 0 Å². The number of hydrogen-bond donors (Lipinski definition) is 0. The maximum Gasteiger partial charge on any atom is 0.402 e. The zero-order chi connectivity index (χ0) is 14.1. The van der Waals surface area contributed by atoms with E-state index in [-0.39, 0.29) is 8.78 Å². The summed E-state index contributed by atoms with van der Waals surface area (Å²) >= 11 is 2.92. The van der Waals surface area contributed by atoms with E-state index in [4.69, 9.17) is 0 Å². The highest BCUT2D eigenvalue weighted by Crippen LogP contribution is 2.24. The molecule has 1 aromatic rings. The van der Waals surface area contributed by atoms with Crippen LogP contribution in [0.1, 0.15) is 0 Å². The first kappa shape index (κ1) is 15.4. The number of sulfonamides is 1. The number of alkyl halides is 3. The molecule has 9 heteroatoms. The SMILES string of the molecule is CN(CC(F)(F)F)S(=O)(=O)c1ccc(Br)cc1F. The molecule has 0 N–H and O–H groups in total. The zero-order valence-corrected chi connectivity index (χ0v) is 11.4. The van der Waals surface area contributed by atoms with Gasteiger partial charge in [0.15, 0.2) is 0 Å². The molecule has 0 unspecified atom stereocenters. The smallest absolute Gasteiger partial charge is 0.207 e. The molecule has 1 rings (SSSR count). The first-order valence-corrected chi connectivity index (χ1v) is 6.75. The van der Waals surface area contributed by atoms with E-state index in [0.29, 0.717) is 0 Å². The molecule has 0 spiro atoms. The van der Waals surface area contributed by atoms with Crippen molar-refractivity contribution in [1.82, 2.24) is 4.31 Å². The summed E-state index contributed by atoms with van der Waals surface area (Å²) in [5, 5.41) is 0. The van der Waals surface area contributed by atoms with Gasteiger partial charge in [0.2, 0.25) is 10.0 Å². The van der Waals surface area contributed by atoms with Gasteiger partial charge < -0.3 is 0 Å². The Bertz CT molecular complexity index is 544. The number of hydrogen-bond acceptors (Lipinski definition) is 2. The number of benzene rings is 1. The molecule has 3 nitrogen and oxygen atoms in total. The lowest BCUT2D eigenvalue weighted by Gasteiger charge is -2.19. The van der Waals surface area contributed by atoms with Crippen LogP contribution in [0.3, 0.4) is 0 Å². The van der Waals surface area contributed by atoms with E-state index < -0.39 is 33.5 Å². The highest BCUT2D eigenvalue weighted by atomic mass is 79.9. The molecule has 0 aliphatic rings. The Balaban J connectivity index is 3.14. The third-order valence-electron chi connectivity index (χ3n) is 1.98. The van der Waals surface area contributed by atoms with Crippen LogP contribution in [0, 0.1) is 5.82 Å². The predicted molar refractivity (Wildman–Crippen MR) is 60.0 cm³/mol. The van der Waals surface area contributed by atoms with Crippen LogP contribution in [0.25, 0.3) is 0 Å². The highest BCUT2D eigenvalue weighted by molar-refractivity contribution is 9.10. The van der Waals surface area contributed by atoms with E-state index in [2.05, 4.69) is 15.9 Å². The fourth-order valence-electron chi connectivity index (χ4n) is 1.19. The van der Waals surface area contributed by atoms with Gasteiger partial charge in [-0.2, -0.15) is 17.5 Å². The summed E-state index contributed by atoms with van der Waals surface area (Å²) < 4.78 is 73.5. The Hall–Kier alpha value is -0.670. The minimum absolute atomic E-state index is 0.0549. The van der Waals surface area contributed by atoms with E-state index in [9.17, 15) is 26.0 Å². The van der Waals surface area contributed by atoms with Gasteiger partial charge in [-0.3, -0.25) is 0 Å². The second-order valence-electron chi connectivity index (χ2n) is 3.45. The van der Waals surface area contributed by atoms with Crippen molar-refractivity contribution in [2.45, 2.75) is 11.1 Å². The van der Waals surface area contributed by atoms with Gasteiger partial charge in [0, 0.05) is 11.5 Å². The van der Waals surface area contributed by atoms with Crippen LogP contribution in [0.4, 0.5) is 17.6 Å². The van der Waals surface area contributed by atoms with Crippen molar-refractivity contribution in [1.29, 1.82) is 0 Å². The molecular formula is C9H8BrF4NO2S. The second-order valence-corrected chi connectivity index (χ2v) is 6.38. The standard InChI is InChI=1S/C9H8BrF4NO2S/c1-15(5-9(12,13)14)18(16,17)8-3-2-6(10)4-7(8)11/h2-4H,5H2,1H3. The fraction of sp³-hybridized carbons (Fsp3) is 0.333. The molecular weight excluding hydrogens is 342 g/mol. The topological polar surface area (TPSA) is 37.4 Å². The van der Waals surface area contributed by atoms with Crippen molar-refractivity contribution in [2.24, 2.45) is 0 Å². The van der Waals surface area contributed by atoms with Crippen molar-refractivity contribution in [3.8, 4) is 0 Å². The average molecular weight is 350 g/mol. The van der Waals surface area contributed by atoms with Gasteiger partial charge >= 0.3 is 6.18 Å². The number of rotatable bonds is 3. The molecule has 0 aliphatic carbocycles. The Kier molecular flexibility index (Phi) is 4.39. The third kappa shape index (κ3) is 3.66. The molecule has 0 saturated heterocycles. The van der Waals surface area contributed by atoms with E-state index in [1.165, 1.54) is 6.07 Å². The summed E-state index contributed by atoms with van der Waals surface area (Å²) in [7, 11) is -3.76. The summed E-state index contributed by atoms with van der Waals surface area (Å²) in [5.74, 6) is -1.11. The first-order chi connectivity index (χ1) is 8.04. The van der Waals surface area contributed by atoms with E-state index in [0.717, 1.165) is 19.2 Å². The Morgan fingerprint density at radius 3 is 2.33 bits per heavy atom. The van der Waals surface area contributed by atoms with Crippen LogP contribution in [-0.4, -0.2) is 32.5 Å². The molecule has 1 aromatic carbocycles. The largest absolute Gasteiger partial charge is 0.402 e. The molecule has 0 radical (unpaired) electrons. The van der Waals surface area contributed by atoms with E-state index in [1.807, 2.05) is 0 Å². The maximum atomic E-state index is 13.4. The molecule has 0 aliphatic heterocycles. The number of halogens is 5. The van der Waals surface area contributed by atoms with Crippen LogP contribution >= 0.6 is 15.9 Å². The molecule has 0 fully saturated rings. The molecule has 0 bridgehead atoms. The molecule has 0 amide bonds. The van der Waals surface area contributed by atoms with Gasteiger partial charge in [0.05, 0.1) is 0 Å². The summed E-state index contributed by atoms with van der Waals surface area (Å²) in [6.45, 7) is -1.68. The van der Waals surface area contributed by atoms with Gasteiger partial charge in [-0.25, -0.2) is 12.8 Å². The van der Waals surface area contributed by atoms with E-state index in [1.54, 1.807) is 0 Å². The summed E-state index contributed by atoms with van der Waals surface area (Å²) in [6, 6.07) is 3.01. The molecule has 0 aromatic heterocycles. The number of nitrogens with zero attached hydrogens (tertiary/aromatic N) is 1. The molecule has 18 heavy (non-hydrogen) atoms. The van der Waals surface area contributed by atoms with Crippen LogP contribution in [-0.2, 0) is 10.0 Å². The van der Waals surface area contributed by atoms with Crippen molar-refractivity contribution in [2.75, 3.05) is 13.6 Å². The fourth-order valence-corrected chi connectivity index (χ4v) is 2.72. The zero-order valence-electron chi connectivity index (χ0n) is 9.00. The highest BCUT2D eigenvalue weighted by Gasteiger charge is 2.35. The third-order valence-corrected chi connectivity index (χ3v) is 4.31. The van der Waals surface area contributed by atoms with E-state index >= 15 is 0 Å². The van der Waals surface area contributed by atoms with Gasteiger partial charge in [-0.05, 0) is 18.2 Å². The van der Waals surface area contributed by atoms with Gasteiger partial charge in [-0.15, -0.1) is 0 Å². The quantitative estimate of drug-likeness (QED) is 0.787. The van der Waals surface area contributed by atoms with Gasteiger partial charge in [-0.1, -0.05) is 15.9 Å². The van der Waals surface area contributed by atoms with Gasteiger partial charge in [0.1, 0.15) is 17.3 Å². The van der Waals surface area contributed by atoms with Gasteiger partial charge in [0.25, 0.3) is 0 Å². The minimum Gasteiger partial charge on any atom is -0.207 e. The van der Waals surface area contributed by atoms with Crippen molar-refractivity contribution < 1.29 is 26.0 Å². The molecule has 0 saturated carbocycles. The predicted octanol–water partition coefficient (Wildman–Crippen LogP) is 2.77. The lowest BCUT2D eigenvalue weighted by atomic mass is 10.3. The molecule has 0 heterocycles. The van der Waals surface area contributed by atoms with Crippen molar-refractivity contribution >= 4 is 26.0 Å². The van der Waals surface area contributed by atoms with Crippen LogP contribution in [0.15, 0.2) is 27.6 Å². The monoisotopic (exact) mass is 349 g/mol. The lowest BCUT2D eigenvalue weighted by Crippen LogP contribution is -2.36. The summed E-state index contributed by atoms with van der Waals surface area (Å²) in [4.78, 5) is -0.794. The summed E-state index contributed by atoms with van der Waals surface area (Å²) in [6.07, 6.45) is -4.69. The lowest BCUT2D eigenvalue weighted by molar-refractivity contribution is -0.134. The van der Waals surface area contributed by atoms with Crippen LogP contribution in [0.2, 0.25) is 0 Å². The molecule has 0 atom stereocenters. The maximum absolute atomic E-state index is 13.4. The van der Waals surface area contributed by atoms with Crippen molar-refractivity contribution in [3.63, 3.8) is 0 Å². The Morgan fingerprint density at radius 2 is 1.89 bits per heavy atom. The van der Waals surface area contributed by atoms with Crippen LogP contribution < -0.4 is 0 Å². The normalized spacial score (nSPS) is 13.1. The molecule has 102 valence electrons. The second kappa shape index (κ2) is 5.14. The van der Waals surface area contributed by atoms with Crippen molar-refractivity contribution in [3.05, 3.63) is 28.5 Å². The first-order valence-electron chi connectivity index (χ1n) is 4.52. The Morgan fingerprint density at radius 1 is 1.33 bits per heavy atom.